The Bertz CT molecular complexity index is 1430. The summed E-state index contributed by atoms with van der Waals surface area (Å²) >= 11 is 0. The standard InChI is InChI=1S/C27H31F3N8O3/c1-2-23(39)36-7-9-37(10-8-36)25-18-5-6-38(24-19-15-31-34-21(19)4-3-20(24)27(28,29)30)16-22(18)32-26(33-25)41-17-35-11-13-40-14-12-35/h2-4,15H,1,5-14,16-17H2,(H,31,34). The van der Waals surface area contributed by atoms with Crippen molar-refractivity contribution in [1.82, 2.24) is 30.0 Å². The molecule has 0 unspecified atom stereocenters. The van der Waals surface area contributed by atoms with Crippen molar-refractivity contribution >= 4 is 28.3 Å². The summed E-state index contributed by atoms with van der Waals surface area (Å²) in [6.45, 7) is 9.16. The number of piperazine rings is 1. The fourth-order valence-electron chi connectivity index (χ4n) is 5.62. The molecule has 0 spiro atoms. The molecular formula is C27H31F3N8O3. The van der Waals surface area contributed by atoms with Crippen molar-refractivity contribution in [2.45, 2.75) is 19.1 Å². The number of rotatable bonds is 6. The Hall–Kier alpha value is -3.91. The van der Waals surface area contributed by atoms with Gasteiger partial charge in [-0.1, -0.05) is 6.58 Å². The van der Waals surface area contributed by atoms with Crippen LogP contribution in [-0.2, 0) is 28.7 Å². The minimum atomic E-state index is -4.53. The van der Waals surface area contributed by atoms with Gasteiger partial charge in [-0.15, -0.1) is 0 Å². The van der Waals surface area contributed by atoms with Crippen molar-refractivity contribution in [2.24, 2.45) is 0 Å². The van der Waals surface area contributed by atoms with Crippen LogP contribution in [0.15, 0.2) is 31.0 Å². The number of hydrogen-bond acceptors (Lipinski definition) is 9. The summed E-state index contributed by atoms with van der Waals surface area (Å²) in [5.74, 6) is 0.586. The number of aromatic nitrogens is 4. The molecule has 0 radical (unpaired) electrons. The molecule has 2 aromatic heterocycles. The zero-order chi connectivity index (χ0) is 28.6. The van der Waals surface area contributed by atoms with Crippen LogP contribution in [0.5, 0.6) is 6.01 Å². The molecule has 3 aliphatic heterocycles. The number of amides is 1. The lowest BCUT2D eigenvalue weighted by atomic mass is 10.0. The van der Waals surface area contributed by atoms with Crippen LogP contribution in [0.4, 0.5) is 24.7 Å². The summed E-state index contributed by atoms with van der Waals surface area (Å²) in [6, 6.07) is 2.67. The Kier molecular flexibility index (Phi) is 7.43. The molecule has 0 atom stereocenters. The number of anilines is 2. The van der Waals surface area contributed by atoms with Gasteiger partial charge < -0.3 is 24.2 Å². The third-order valence-electron chi connectivity index (χ3n) is 7.79. The first kappa shape index (κ1) is 27.3. The van der Waals surface area contributed by atoms with Gasteiger partial charge in [0.15, 0.2) is 0 Å². The third-order valence-corrected chi connectivity index (χ3v) is 7.79. The largest absolute Gasteiger partial charge is 0.447 e. The highest BCUT2D eigenvalue weighted by Crippen LogP contribution is 2.42. The number of benzene rings is 1. The van der Waals surface area contributed by atoms with Crippen molar-refractivity contribution in [1.29, 1.82) is 0 Å². The Morgan fingerprint density at radius 1 is 1.07 bits per heavy atom. The van der Waals surface area contributed by atoms with E-state index in [4.69, 9.17) is 19.4 Å². The Labute approximate surface area is 234 Å². The zero-order valence-corrected chi connectivity index (χ0v) is 22.5. The smallest absolute Gasteiger partial charge is 0.418 e. The SMILES string of the molecule is C=CC(=O)N1CCN(c2nc(OCN3CCOCC3)nc3c2CCN(c2c(C(F)(F)F)ccc4[nH]ncc24)C3)CC1. The van der Waals surface area contributed by atoms with Crippen molar-refractivity contribution in [2.75, 3.05) is 75.6 Å². The molecule has 3 aromatic rings. The van der Waals surface area contributed by atoms with E-state index in [0.29, 0.717) is 74.8 Å². The molecule has 0 aliphatic carbocycles. The third kappa shape index (κ3) is 5.53. The number of fused-ring (bicyclic) bond motifs is 2. The average Bonchev–Trinajstić information content (AvgIpc) is 3.48. The number of carbonyl (C=O) groups excluding carboxylic acids is 1. The van der Waals surface area contributed by atoms with Crippen LogP contribution in [0.2, 0.25) is 0 Å². The van der Waals surface area contributed by atoms with Gasteiger partial charge in [0.25, 0.3) is 0 Å². The van der Waals surface area contributed by atoms with Crippen LogP contribution in [0, 0.1) is 0 Å². The maximum absolute atomic E-state index is 14.1. The highest BCUT2D eigenvalue weighted by Gasteiger charge is 2.38. The van der Waals surface area contributed by atoms with Gasteiger partial charge in [0.05, 0.1) is 48.4 Å². The number of ether oxygens (including phenoxy) is 2. The molecule has 1 amide bonds. The molecular weight excluding hydrogens is 541 g/mol. The molecule has 0 bridgehead atoms. The minimum absolute atomic E-state index is 0.0851. The fourth-order valence-corrected chi connectivity index (χ4v) is 5.62. The van der Waals surface area contributed by atoms with E-state index in [2.05, 4.69) is 26.6 Å². The number of nitrogens with one attached hydrogen (secondary N) is 1. The Morgan fingerprint density at radius 2 is 1.85 bits per heavy atom. The van der Waals surface area contributed by atoms with Crippen molar-refractivity contribution in [3.63, 3.8) is 0 Å². The monoisotopic (exact) mass is 572 g/mol. The molecule has 2 saturated heterocycles. The first-order chi connectivity index (χ1) is 19.8. The number of morpholine rings is 1. The summed E-state index contributed by atoms with van der Waals surface area (Å²) in [7, 11) is 0. The molecule has 6 rings (SSSR count). The fraction of sp³-hybridized carbons (Fsp3) is 0.481. The van der Waals surface area contributed by atoms with E-state index in [9.17, 15) is 18.0 Å². The van der Waals surface area contributed by atoms with Crippen molar-refractivity contribution < 1.29 is 27.4 Å². The second-order valence-electron chi connectivity index (χ2n) is 10.2. The number of aromatic amines is 1. The van der Waals surface area contributed by atoms with Gasteiger partial charge in [-0.3, -0.25) is 14.8 Å². The van der Waals surface area contributed by atoms with Crippen LogP contribution in [0.3, 0.4) is 0 Å². The van der Waals surface area contributed by atoms with Crippen LogP contribution in [0.1, 0.15) is 16.8 Å². The van der Waals surface area contributed by atoms with Crippen LogP contribution in [-0.4, -0.2) is 102 Å². The number of nitrogens with zero attached hydrogens (tertiary/aromatic N) is 7. The first-order valence-electron chi connectivity index (χ1n) is 13.6. The highest BCUT2D eigenvalue weighted by atomic mass is 19.4. The normalized spacial score (nSPS) is 18.5. The van der Waals surface area contributed by atoms with Gasteiger partial charge in [0, 0.05) is 56.8 Å². The quantitative estimate of drug-likeness (QED) is 0.446. The molecule has 2 fully saturated rings. The van der Waals surface area contributed by atoms with E-state index in [1.807, 2.05) is 0 Å². The number of halogens is 3. The molecule has 41 heavy (non-hydrogen) atoms. The maximum Gasteiger partial charge on any atom is 0.418 e. The number of hydrogen-bond donors (Lipinski definition) is 1. The van der Waals surface area contributed by atoms with Crippen LogP contribution >= 0.6 is 0 Å². The zero-order valence-electron chi connectivity index (χ0n) is 22.5. The number of alkyl halides is 3. The lowest BCUT2D eigenvalue weighted by molar-refractivity contribution is -0.137. The maximum atomic E-state index is 14.1. The van der Waals surface area contributed by atoms with Crippen LogP contribution in [0.25, 0.3) is 10.9 Å². The van der Waals surface area contributed by atoms with Gasteiger partial charge in [-0.2, -0.15) is 28.2 Å². The molecule has 14 heteroatoms. The molecule has 0 saturated carbocycles. The van der Waals surface area contributed by atoms with E-state index in [-0.39, 0.29) is 30.9 Å². The average molecular weight is 573 g/mol. The van der Waals surface area contributed by atoms with Gasteiger partial charge in [0.2, 0.25) is 5.91 Å². The van der Waals surface area contributed by atoms with E-state index < -0.39 is 11.7 Å². The van der Waals surface area contributed by atoms with E-state index in [1.54, 1.807) is 9.80 Å². The molecule has 1 N–H and O–H groups in total. The molecule has 218 valence electrons. The van der Waals surface area contributed by atoms with Gasteiger partial charge in [-0.05, 0) is 24.6 Å². The number of carbonyl (C=O) groups is 1. The predicted molar refractivity (Wildman–Crippen MR) is 145 cm³/mol. The van der Waals surface area contributed by atoms with Gasteiger partial charge in [0.1, 0.15) is 12.5 Å². The molecule has 5 heterocycles. The molecule has 1 aromatic carbocycles. The lowest BCUT2D eigenvalue weighted by Crippen LogP contribution is -2.49. The second-order valence-corrected chi connectivity index (χ2v) is 10.2. The summed E-state index contributed by atoms with van der Waals surface area (Å²) in [5.41, 5.74) is 1.41. The van der Waals surface area contributed by atoms with Crippen molar-refractivity contribution in [3.05, 3.63) is 47.8 Å². The van der Waals surface area contributed by atoms with Crippen molar-refractivity contribution in [3.8, 4) is 6.01 Å². The van der Waals surface area contributed by atoms with E-state index in [0.717, 1.165) is 24.7 Å². The topological polar surface area (TPSA) is 103 Å². The van der Waals surface area contributed by atoms with Gasteiger partial charge >= 0.3 is 12.2 Å². The minimum Gasteiger partial charge on any atom is -0.447 e. The molecule has 3 aliphatic rings. The molecule has 11 nitrogen and oxygen atoms in total. The summed E-state index contributed by atoms with van der Waals surface area (Å²) < 4.78 is 53.9. The van der Waals surface area contributed by atoms with E-state index >= 15 is 0 Å². The Balaban J connectivity index is 1.33. The summed E-state index contributed by atoms with van der Waals surface area (Å²) in [6.07, 6.45) is -1.34. The first-order valence-corrected chi connectivity index (χ1v) is 13.6. The summed E-state index contributed by atoms with van der Waals surface area (Å²) in [5, 5.41) is 7.17. The van der Waals surface area contributed by atoms with E-state index in [1.165, 1.54) is 18.3 Å². The highest BCUT2D eigenvalue weighted by molar-refractivity contribution is 5.94. The second kappa shape index (κ2) is 11.2. The Morgan fingerprint density at radius 3 is 2.59 bits per heavy atom. The van der Waals surface area contributed by atoms with Gasteiger partial charge in [-0.25, -0.2) is 0 Å². The lowest BCUT2D eigenvalue weighted by Gasteiger charge is -2.38. The van der Waals surface area contributed by atoms with Crippen LogP contribution < -0.4 is 14.5 Å². The number of H-pyrrole nitrogens is 1. The predicted octanol–water partition coefficient (Wildman–Crippen LogP) is 2.44. The summed E-state index contributed by atoms with van der Waals surface area (Å²) in [4.78, 5) is 29.2.